The lowest BCUT2D eigenvalue weighted by Gasteiger charge is -2.05. The van der Waals surface area contributed by atoms with Crippen LogP contribution in [0.15, 0.2) is 24.3 Å². The molecule has 3 nitrogen and oxygen atoms in total. The molecule has 0 spiro atoms. The summed E-state index contributed by atoms with van der Waals surface area (Å²) in [4.78, 5) is 11.3. The molecule has 0 amide bonds. The molecule has 1 aromatic carbocycles. The molecule has 1 rings (SSSR count). The van der Waals surface area contributed by atoms with Crippen molar-refractivity contribution in [2.45, 2.75) is 6.92 Å². The first-order chi connectivity index (χ1) is 7.27. The Labute approximate surface area is 103 Å². The van der Waals surface area contributed by atoms with Crippen LogP contribution in [0.1, 0.15) is 17.3 Å². The number of esters is 1. The van der Waals surface area contributed by atoms with Crippen LogP contribution in [-0.4, -0.2) is 23.5 Å². The first-order valence-electron chi connectivity index (χ1n) is 4.85. The molecule has 0 aliphatic heterocycles. The molecule has 0 aliphatic rings. The van der Waals surface area contributed by atoms with E-state index in [0.717, 1.165) is 16.7 Å². The van der Waals surface area contributed by atoms with Gasteiger partial charge in [0.25, 0.3) is 0 Å². The van der Waals surface area contributed by atoms with Gasteiger partial charge in [-0.15, -0.1) is 0 Å². The third-order valence-corrected chi connectivity index (χ3v) is 2.36. The van der Waals surface area contributed by atoms with Gasteiger partial charge in [-0.2, -0.15) is 0 Å². The van der Waals surface area contributed by atoms with Gasteiger partial charge >= 0.3 is 5.97 Å². The Morgan fingerprint density at radius 2 is 2.07 bits per heavy atom. The Morgan fingerprint density at radius 1 is 1.40 bits per heavy atom. The minimum Gasteiger partial charge on any atom is -0.462 e. The second kappa shape index (κ2) is 6.66. The molecule has 4 heteroatoms. The number of alkyl halides is 1. The number of carbonyl (C=O) groups excluding carboxylic acids is 1. The number of hydrogen-bond donors (Lipinski definition) is 1. The Morgan fingerprint density at radius 3 is 2.60 bits per heavy atom. The number of anilines is 1. The van der Waals surface area contributed by atoms with E-state index in [9.17, 15) is 4.79 Å². The zero-order valence-electron chi connectivity index (χ0n) is 8.63. The molecule has 15 heavy (non-hydrogen) atoms. The molecule has 0 atom stereocenters. The molecule has 0 saturated carbocycles. The maximum atomic E-state index is 11.3. The van der Waals surface area contributed by atoms with Gasteiger partial charge in [0.1, 0.15) is 0 Å². The summed E-state index contributed by atoms with van der Waals surface area (Å²) < 4.78 is 5.94. The summed E-state index contributed by atoms with van der Waals surface area (Å²) in [7, 11) is 0. The van der Waals surface area contributed by atoms with Crippen LogP contribution in [0, 0.1) is 0 Å². The molecular weight excluding hydrogens is 305 g/mol. The van der Waals surface area contributed by atoms with Crippen molar-refractivity contribution >= 4 is 34.2 Å². The van der Waals surface area contributed by atoms with Gasteiger partial charge in [0.05, 0.1) is 12.2 Å². The van der Waals surface area contributed by atoms with Crippen molar-refractivity contribution in [1.82, 2.24) is 0 Å². The number of hydrogen-bond acceptors (Lipinski definition) is 3. The fourth-order valence-corrected chi connectivity index (χ4v) is 1.40. The summed E-state index contributed by atoms with van der Waals surface area (Å²) in [5.41, 5.74) is 1.62. The number of rotatable bonds is 5. The molecule has 0 heterocycles. The highest BCUT2D eigenvalue weighted by Gasteiger charge is 2.04. The van der Waals surface area contributed by atoms with Crippen LogP contribution in [0.2, 0.25) is 0 Å². The number of ether oxygens (including phenoxy) is 1. The van der Waals surface area contributed by atoms with Crippen molar-refractivity contribution in [3.63, 3.8) is 0 Å². The van der Waals surface area contributed by atoms with Crippen LogP contribution in [0.5, 0.6) is 0 Å². The summed E-state index contributed by atoms with van der Waals surface area (Å²) >= 11 is 2.31. The number of halogens is 1. The van der Waals surface area contributed by atoms with E-state index in [-0.39, 0.29) is 5.97 Å². The minimum absolute atomic E-state index is 0.266. The smallest absolute Gasteiger partial charge is 0.338 e. The lowest BCUT2D eigenvalue weighted by Crippen LogP contribution is -2.05. The van der Waals surface area contributed by atoms with Crippen LogP contribution in [-0.2, 0) is 4.74 Å². The number of carbonyl (C=O) groups is 1. The van der Waals surface area contributed by atoms with E-state index in [1.165, 1.54) is 0 Å². The summed E-state index contributed by atoms with van der Waals surface area (Å²) in [6.45, 7) is 3.14. The third kappa shape index (κ3) is 4.07. The van der Waals surface area contributed by atoms with E-state index in [2.05, 4.69) is 27.9 Å². The summed E-state index contributed by atoms with van der Waals surface area (Å²) in [5, 5.41) is 3.23. The van der Waals surface area contributed by atoms with Gasteiger partial charge < -0.3 is 10.1 Å². The Bertz CT molecular complexity index is 311. The van der Waals surface area contributed by atoms with Crippen molar-refractivity contribution in [2.24, 2.45) is 0 Å². The van der Waals surface area contributed by atoms with Crippen LogP contribution in [0.3, 0.4) is 0 Å². The van der Waals surface area contributed by atoms with Gasteiger partial charge in [-0.3, -0.25) is 0 Å². The van der Waals surface area contributed by atoms with Crippen LogP contribution < -0.4 is 5.32 Å². The molecule has 0 saturated heterocycles. The van der Waals surface area contributed by atoms with Crippen molar-refractivity contribution in [1.29, 1.82) is 0 Å². The molecular formula is C11H14INO2. The topological polar surface area (TPSA) is 38.3 Å². The Hall–Kier alpha value is -0.780. The first kappa shape index (κ1) is 12.3. The van der Waals surface area contributed by atoms with Gasteiger partial charge in [-0.1, -0.05) is 22.6 Å². The quantitative estimate of drug-likeness (QED) is 0.515. The maximum absolute atomic E-state index is 11.3. The SMILES string of the molecule is CCOC(=O)c1ccc(NCCI)cc1. The normalized spacial score (nSPS) is 9.73. The highest BCUT2D eigenvalue weighted by molar-refractivity contribution is 14.1. The average Bonchev–Trinajstić information content (AvgIpc) is 2.27. The van der Waals surface area contributed by atoms with E-state index < -0.39 is 0 Å². The van der Waals surface area contributed by atoms with E-state index in [0.29, 0.717) is 12.2 Å². The van der Waals surface area contributed by atoms with Crippen LogP contribution >= 0.6 is 22.6 Å². The summed E-state index contributed by atoms with van der Waals surface area (Å²) in [5.74, 6) is -0.266. The predicted molar refractivity (Wildman–Crippen MR) is 69.8 cm³/mol. The molecule has 0 bridgehead atoms. The van der Waals surface area contributed by atoms with E-state index in [4.69, 9.17) is 4.74 Å². The number of benzene rings is 1. The highest BCUT2D eigenvalue weighted by Crippen LogP contribution is 2.10. The molecule has 0 unspecified atom stereocenters. The van der Waals surface area contributed by atoms with E-state index in [1.807, 2.05) is 12.1 Å². The molecule has 1 N–H and O–H groups in total. The minimum atomic E-state index is -0.266. The molecule has 0 aliphatic carbocycles. The third-order valence-electron chi connectivity index (χ3n) is 1.82. The summed E-state index contributed by atoms with van der Waals surface area (Å²) in [6.07, 6.45) is 0. The van der Waals surface area contributed by atoms with Gasteiger partial charge in [0.15, 0.2) is 0 Å². The first-order valence-corrected chi connectivity index (χ1v) is 6.37. The zero-order valence-corrected chi connectivity index (χ0v) is 10.8. The second-order valence-corrected chi connectivity index (χ2v) is 3.99. The largest absolute Gasteiger partial charge is 0.462 e. The van der Waals surface area contributed by atoms with Crippen LogP contribution in [0.4, 0.5) is 5.69 Å². The predicted octanol–water partition coefficient (Wildman–Crippen LogP) is 2.71. The molecule has 0 aromatic heterocycles. The lowest BCUT2D eigenvalue weighted by molar-refractivity contribution is 0.0526. The Kier molecular flexibility index (Phi) is 5.45. The van der Waals surface area contributed by atoms with Crippen molar-refractivity contribution in [3.8, 4) is 0 Å². The van der Waals surface area contributed by atoms with Crippen LogP contribution in [0.25, 0.3) is 0 Å². The molecule has 82 valence electrons. The zero-order chi connectivity index (χ0) is 11.1. The van der Waals surface area contributed by atoms with Gasteiger partial charge in [0, 0.05) is 16.7 Å². The van der Waals surface area contributed by atoms with Gasteiger partial charge in [-0.25, -0.2) is 4.79 Å². The standard InChI is InChI=1S/C11H14INO2/c1-2-15-11(14)9-3-5-10(6-4-9)13-8-7-12/h3-6,13H,2,7-8H2,1H3. The second-order valence-electron chi connectivity index (χ2n) is 2.91. The fourth-order valence-electron chi connectivity index (χ4n) is 1.13. The van der Waals surface area contributed by atoms with Crippen molar-refractivity contribution < 1.29 is 9.53 Å². The Balaban J connectivity index is 2.59. The summed E-state index contributed by atoms with van der Waals surface area (Å²) in [6, 6.07) is 7.32. The molecule has 0 fully saturated rings. The monoisotopic (exact) mass is 319 g/mol. The molecule has 1 aromatic rings. The average molecular weight is 319 g/mol. The molecule has 0 radical (unpaired) electrons. The van der Waals surface area contributed by atoms with Crippen molar-refractivity contribution in [3.05, 3.63) is 29.8 Å². The van der Waals surface area contributed by atoms with E-state index >= 15 is 0 Å². The van der Waals surface area contributed by atoms with E-state index in [1.54, 1.807) is 19.1 Å². The number of nitrogens with one attached hydrogen (secondary N) is 1. The fraction of sp³-hybridized carbons (Fsp3) is 0.364. The maximum Gasteiger partial charge on any atom is 0.338 e. The van der Waals surface area contributed by atoms with Gasteiger partial charge in [0.2, 0.25) is 0 Å². The van der Waals surface area contributed by atoms with Gasteiger partial charge in [-0.05, 0) is 31.2 Å². The van der Waals surface area contributed by atoms with Crippen molar-refractivity contribution in [2.75, 3.05) is 22.9 Å². The lowest BCUT2D eigenvalue weighted by atomic mass is 10.2. The highest BCUT2D eigenvalue weighted by atomic mass is 127.